The average molecular weight is 514 g/mol. The van der Waals surface area contributed by atoms with Gasteiger partial charge in [0.25, 0.3) is 5.56 Å². The Kier molecular flexibility index (Phi) is 8.37. The molecule has 36 heavy (non-hydrogen) atoms. The van der Waals surface area contributed by atoms with Crippen LogP contribution in [0.5, 0.6) is 5.75 Å². The number of hydrogen-bond donors (Lipinski definition) is 1. The lowest BCUT2D eigenvalue weighted by molar-refractivity contribution is -0.144. The molecule has 0 saturated heterocycles. The van der Waals surface area contributed by atoms with Crippen LogP contribution in [0.1, 0.15) is 46.8 Å². The molecule has 0 radical (unpaired) electrons. The molecule has 0 amide bonds. The number of nitrogen functional groups attached to an aromatic ring is 1. The van der Waals surface area contributed by atoms with Crippen LogP contribution in [0.4, 0.5) is 5.82 Å². The first-order valence-corrected chi connectivity index (χ1v) is 11.6. The van der Waals surface area contributed by atoms with Crippen LogP contribution in [0.3, 0.4) is 0 Å². The first-order chi connectivity index (χ1) is 17.0. The van der Waals surface area contributed by atoms with Crippen molar-refractivity contribution in [2.75, 3.05) is 18.9 Å². The third-order valence-electron chi connectivity index (χ3n) is 5.67. The van der Waals surface area contributed by atoms with Crippen LogP contribution in [0.15, 0.2) is 52.1 Å². The highest BCUT2D eigenvalue weighted by atomic mass is 35.5. The highest BCUT2D eigenvalue weighted by Crippen LogP contribution is 2.32. The van der Waals surface area contributed by atoms with Gasteiger partial charge in [0.2, 0.25) is 5.78 Å². The number of carbonyl (C=O) groups excluding carboxylic acids is 2. The smallest absolute Gasteiger partial charge is 0.344 e. The van der Waals surface area contributed by atoms with Crippen LogP contribution in [-0.2, 0) is 23.1 Å². The molecule has 0 aliphatic rings. The Bertz CT molecular complexity index is 1410. The zero-order valence-electron chi connectivity index (χ0n) is 20.5. The zero-order chi connectivity index (χ0) is 26.6. The van der Waals surface area contributed by atoms with Gasteiger partial charge in [-0.25, -0.2) is 9.59 Å². The van der Waals surface area contributed by atoms with Gasteiger partial charge in [-0.05, 0) is 41.7 Å². The van der Waals surface area contributed by atoms with Crippen LogP contribution in [-0.4, -0.2) is 34.1 Å². The number of carbonyl (C=O) groups is 2. The van der Waals surface area contributed by atoms with Crippen molar-refractivity contribution in [1.29, 1.82) is 0 Å². The third-order valence-corrected chi connectivity index (χ3v) is 6.08. The number of Topliss-reactive ketones (excluding diaryl/α,β-unsaturated/α-hetero) is 1. The summed E-state index contributed by atoms with van der Waals surface area (Å²) in [6, 6.07) is 12.5. The van der Waals surface area contributed by atoms with Gasteiger partial charge in [0.15, 0.2) is 13.2 Å². The molecule has 9 nitrogen and oxygen atoms in total. The minimum Gasteiger partial charge on any atom is -0.482 e. The summed E-state index contributed by atoms with van der Waals surface area (Å²) < 4.78 is 12.6. The van der Waals surface area contributed by atoms with E-state index in [1.807, 2.05) is 26.8 Å². The van der Waals surface area contributed by atoms with Gasteiger partial charge in [0.1, 0.15) is 17.1 Å². The second kappa shape index (κ2) is 11.3. The minimum atomic E-state index is -0.864. The third kappa shape index (κ3) is 5.85. The van der Waals surface area contributed by atoms with Crippen molar-refractivity contribution < 1.29 is 19.1 Å². The lowest BCUT2D eigenvalue weighted by Gasteiger charge is -2.16. The molecule has 0 fully saturated rings. The molecule has 3 rings (SSSR count). The van der Waals surface area contributed by atoms with E-state index < -0.39 is 41.8 Å². The van der Waals surface area contributed by atoms with Gasteiger partial charge in [0, 0.05) is 12.1 Å². The number of aryl methyl sites for hydroxylation is 1. The van der Waals surface area contributed by atoms with Crippen molar-refractivity contribution >= 4 is 29.2 Å². The number of rotatable bonds is 9. The SMILES string of the molecule is Cc1cc(OCC(=O)OCC(=O)c2c(N)n(Cc3ccccc3)c(=O)n(C)c2=O)c(C(C)C)cc1Cl. The quantitative estimate of drug-likeness (QED) is 0.344. The van der Waals surface area contributed by atoms with Crippen LogP contribution in [0, 0.1) is 6.92 Å². The van der Waals surface area contributed by atoms with Crippen molar-refractivity contribution in [2.24, 2.45) is 7.05 Å². The van der Waals surface area contributed by atoms with E-state index in [0.717, 1.165) is 25.8 Å². The number of hydrogen-bond acceptors (Lipinski definition) is 7. The second-order valence-corrected chi connectivity index (χ2v) is 9.05. The van der Waals surface area contributed by atoms with Crippen molar-refractivity contribution in [2.45, 2.75) is 33.2 Å². The van der Waals surface area contributed by atoms with Crippen LogP contribution in [0.25, 0.3) is 0 Å². The topological polar surface area (TPSA) is 123 Å². The Morgan fingerprint density at radius 3 is 2.39 bits per heavy atom. The van der Waals surface area contributed by atoms with Crippen molar-refractivity contribution in [3.8, 4) is 5.75 Å². The molecule has 0 aliphatic carbocycles. The lowest BCUT2D eigenvalue weighted by atomic mass is 10.0. The molecule has 0 bridgehead atoms. The maximum atomic E-state index is 12.8. The number of ether oxygens (including phenoxy) is 2. The summed E-state index contributed by atoms with van der Waals surface area (Å²) in [6.45, 7) is 4.63. The Morgan fingerprint density at radius 2 is 1.75 bits per heavy atom. The molecule has 2 N–H and O–H groups in total. The molecule has 3 aromatic rings. The fourth-order valence-corrected chi connectivity index (χ4v) is 3.78. The van der Waals surface area contributed by atoms with Crippen molar-refractivity contribution in [3.63, 3.8) is 0 Å². The van der Waals surface area contributed by atoms with E-state index in [4.69, 9.17) is 26.8 Å². The molecular weight excluding hydrogens is 486 g/mol. The van der Waals surface area contributed by atoms with Gasteiger partial charge in [-0.2, -0.15) is 0 Å². The van der Waals surface area contributed by atoms with Gasteiger partial charge in [-0.3, -0.25) is 18.7 Å². The Labute approximate surface area is 213 Å². The van der Waals surface area contributed by atoms with Gasteiger partial charge >= 0.3 is 11.7 Å². The normalized spacial score (nSPS) is 10.9. The van der Waals surface area contributed by atoms with E-state index in [1.54, 1.807) is 36.4 Å². The van der Waals surface area contributed by atoms with E-state index in [0.29, 0.717) is 10.8 Å². The van der Waals surface area contributed by atoms with E-state index in [1.165, 1.54) is 7.05 Å². The van der Waals surface area contributed by atoms with Gasteiger partial charge in [-0.1, -0.05) is 55.8 Å². The average Bonchev–Trinajstić information content (AvgIpc) is 2.85. The predicted molar refractivity (Wildman–Crippen MR) is 137 cm³/mol. The predicted octanol–water partition coefficient (Wildman–Crippen LogP) is 3.07. The highest BCUT2D eigenvalue weighted by molar-refractivity contribution is 6.31. The molecule has 190 valence electrons. The molecule has 0 atom stereocenters. The van der Waals surface area contributed by atoms with E-state index in [9.17, 15) is 19.2 Å². The van der Waals surface area contributed by atoms with Gasteiger partial charge in [-0.15, -0.1) is 0 Å². The zero-order valence-corrected chi connectivity index (χ0v) is 21.3. The molecule has 0 spiro atoms. The van der Waals surface area contributed by atoms with E-state index in [-0.39, 0.29) is 18.3 Å². The standard InChI is InChI=1S/C26H28ClN3O6/c1-15(2)18-11-19(27)16(3)10-21(18)35-14-22(32)36-13-20(31)23-24(28)30(26(34)29(4)25(23)33)12-17-8-6-5-7-9-17/h5-11,15H,12-14,28H2,1-4H3. The van der Waals surface area contributed by atoms with Crippen LogP contribution in [0.2, 0.25) is 5.02 Å². The number of benzene rings is 2. The largest absolute Gasteiger partial charge is 0.482 e. The maximum absolute atomic E-state index is 12.8. The maximum Gasteiger partial charge on any atom is 0.344 e. The number of anilines is 1. The Morgan fingerprint density at radius 1 is 1.08 bits per heavy atom. The monoisotopic (exact) mass is 513 g/mol. The first-order valence-electron chi connectivity index (χ1n) is 11.3. The number of aromatic nitrogens is 2. The molecule has 1 heterocycles. The van der Waals surface area contributed by atoms with E-state index >= 15 is 0 Å². The summed E-state index contributed by atoms with van der Waals surface area (Å²) >= 11 is 6.19. The van der Waals surface area contributed by atoms with Gasteiger partial charge in [0.05, 0.1) is 6.54 Å². The second-order valence-electron chi connectivity index (χ2n) is 8.65. The van der Waals surface area contributed by atoms with Crippen molar-refractivity contribution in [1.82, 2.24) is 9.13 Å². The summed E-state index contributed by atoms with van der Waals surface area (Å²) in [7, 11) is 1.25. The summed E-state index contributed by atoms with van der Waals surface area (Å²) in [5, 5.41) is 0.590. The first kappa shape index (κ1) is 26.7. The summed E-state index contributed by atoms with van der Waals surface area (Å²) in [5.74, 6) is -1.34. The highest BCUT2D eigenvalue weighted by Gasteiger charge is 2.23. The summed E-state index contributed by atoms with van der Waals surface area (Å²) in [5.41, 5.74) is 6.49. The molecule has 0 saturated carbocycles. The lowest BCUT2D eigenvalue weighted by Crippen LogP contribution is -2.43. The van der Waals surface area contributed by atoms with Gasteiger partial charge < -0.3 is 15.2 Å². The molecule has 1 aromatic heterocycles. The number of nitrogens with zero attached hydrogens (tertiary/aromatic N) is 2. The summed E-state index contributed by atoms with van der Waals surface area (Å²) in [4.78, 5) is 50.4. The summed E-state index contributed by atoms with van der Waals surface area (Å²) in [6.07, 6.45) is 0. The number of nitrogens with two attached hydrogens (primary N) is 1. The minimum absolute atomic E-state index is 0.0617. The molecule has 0 aliphatic heterocycles. The number of halogens is 1. The number of ketones is 1. The fourth-order valence-electron chi connectivity index (χ4n) is 3.61. The Balaban J connectivity index is 1.74. The number of esters is 1. The van der Waals surface area contributed by atoms with Crippen LogP contribution >= 0.6 is 11.6 Å². The molecular formula is C26H28ClN3O6. The Hall–Kier alpha value is -3.85. The van der Waals surface area contributed by atoms with E-state index in [2.05, 4.69) is 0 Å². The molecule has 2 aromatic carbocycles. The molecule has 0 unspecified atom stereocenters. The fraction of sp³-hybridized carbons (Fsp3) is 0.308. The van der Waals surface area contributed by atoms with Crippen molar-refractivity contribution in [3.05, 3.63) is 90.6 Å². The molecule has 10 heteroatoms. The van der Waals surface area contributed by atoms with Crippen LogP contribution < -0.4 is 21.7 Å².